The second-order valence-electron chi connectivity index (χ2n) is 4.19. The van der Waals surface area contributed by atoms with Gasteiger partial charge in [-0.3, -0.25) is 0 Å². The van der Waals surface area contributed by atoms with Gasteiger partial charge in [0.25, 0.3) is 0 Å². The molecule has 2 aromatic heterocycles. The summed E-state index contributed by atoms with van der Waals surface area (Å²) in [6, 6.07) is 9.25. The second kappa shape index (κ2) is 6.24. The van der Waals surface area contributed by atoms with E-state index in [0.717, 1.165) is 0 Å². The molecule has 0 bridgehead atoms. The van der Waals surface area contributed by atoms with Gasteiger partial charge in [-0.1, -0.05) is 11.3 Å². The van der Waals surface area contributed by atoms with Gasteiger partial charge in [-0.15, -0.1) is 16.4 Å². The summed E-state index contributed by atoms with van der Waals surface area (Å²) < 4.78 is 12.4. The minimum Gasteiger partial charge on any atom is -0.497 e. The molecule has 0 aliphatic heterocycles. The highest BCUT2D eigenvalue weighted by atomic mass is 32.1. The molecule has 0 aliphatic rings. The third-order valence-electron chi connectivity index (χ3n) is 2.89. The smallest absolute Gasteiger partial charge is 0.212 e. The lowest BCUT2D eigenvalue weighted by atomic mass is 10.3. The Morgan fingerprint density at radius 3 is 2.95 bits per heavy atom. The monoisotopic (exact) mass is 313 g/mol. The summed E-state index contributed by atoms with van der Waals surface area (Å²) in [6.45, 7) is 0.155. The number of hydrogen-bond donors (Lipinski definition) is 0. The number of ether oxygens (including phenoxy) is 2. The molecule has 110 valence electrons. The maximum atomic E-state index is 9.15. The second-order valence-corrected chi connectivity index (χ2v) is 5.06. The van der Waals surface area contributed by atoms with E-state index in [1.54, 1.807) is 19.4 Å². The molecule has 0 aliphatic carbocycles. The Kier molecular flexibility index (Phi) is 3.98. The van der Waals surface area contributed by atoms with Crippen molar-refractivity contribution in [2.24, 2.45) is 0 Å². The first-order chi connectivity index (χ1) is 10.8. The zero-order valence-corrected chi connectivity index (χ0v) is 12.4. The van der Waals surface area contributed by atoms with Gasteiger partial charge < -0.3 is 9.47 Å². The van der Waals surface area contributed by atoms with Crippen LogP contribution in [0.5, 0.6) is 11.5 Å². The number of benzene rings is 1. The van der Waals surface area contributed by atoms with Crippen LogP contribution in [0.2, 0.25) is 0 Å². The predicted molar refractivity (Wildman–Crippen MR) is 79.1 cm³/mol. The Bertz CT molecular complexity index is 807. The van der Waals surface area contributed by atoms with Gasteiger partial charge in [0.15, 0.2) is 5.69 Å². The van der Waals surface area contributed by atoms with Crippen LogP contribution < -0.4 is 9.47 Å². The number of nitriles is 1. The van der Waals surface area contributed by atoms with Crippen LogP contribution in [-0.4, -0.2) is 27.1 Å². The van der Waals surface area contributed by atoms with Gasteiger partial charge in [-0.25, -0.2) is 4.98 Å². The molecule has 7 nitrogen and oxygen atoms in total. The summed E-state index contributed by atoms with van der Waals surface area (Å²) in [6.07, 6.45) is 1.67. The van der Waals surface area contributed by atoms with E-state index in [9.17, 15) is 0 Å². The van der Waals surface area contributed by atoms with Gasteiger partial charge in [0.2, 0.25) is 5.13 Å². The van der Waals surface area contributed by atoms with Crippen molar-refractivity contribution in [3.8, 4) is 22.7 Å². The molecule has 0 spiro atoms. The highest BCUT2D eigenvalue weighted by molar-refractivity contribution is 7.12. The van der Waals surface area contributed by atoms with Crippen molar-refractivity contribution in [1.29, 1.82) is 5.26 Å². The molecule has 2 heterocycles. The number of thiazole rings is 1. The van der Waals surface area contributed by atoms with Crippen LogP contribution in [0, 0.1) is 11.3 Å². The first kappa shape index (κ1) is 14.0. The third-order valence-corrected chi connectivity index (χ3v) is 3.63. The average molecular weight is 313 g/mol. The fraction of sp³-hybridized carbons (Fsp3) is 0.143. The van der Waals surface area contributed by atoms with E-state index in [-0.39, 0.29) is 12.3 Å². The third kappa shape index (κ3) is 2.75. The van der Waals surface area contributed by atoms with Crippen LogP contribution in [0.25, 0.3) is 5.13 Å². The molecular weight excluding hydrogens is 302 g/mol. The van der Waals surface area contributed by atoms with E-state index >= 15 is 0 Å². The van der Waals surface area contributed by atoms with Gasteiger partial charge in [-0.2, -0.15) is 9.94 Å². The van der Waals surface area contributed by atoms with Gasteiger partial charge in [0, 0.05) is 17.6 Å². The van der Waals surface area contributed by atoms with E-state index < -0.39 is 0 Å². The number of methoxy groups -OCH3 is 1. The SMILES string of the molecule is COc1cccc(OCc2c(C#N)nnn2-c2nccs2)c1. The molecule has 0 saturated carbocycles. The topological polar surface area (TPSA) is 85.9 Å². The molecule has 3 rings (SSSR count). The summed E-state index contributed by atoms with van der Waals surface area (Å²) in [5, 5.41) is 19.4. The van der Waals surface area contributed by atoms with Crippen molar-refractivity contribution in [3.63, 3.8) is 0 Å². The van der Waals surface area contributed by atoms with Crippen molar-refractivity contribution in [1.82, 2.24) is 20.0 Å². The standard InChI is InChI=1S/C14H11N5O2S/c1-20-10-3-2-4-11(7-10)21-9-13-12(8-15)17-18-19(13)14-16-5-6-22-14/h2-7H,9H2,1H3. The van der Waals surface area contributed by atoms with Crippen LogP contribution in [0.4, 0.5) is 0 Å². The molecular formula is C14H11N5O2S. The summed E-state index contributed by atoms with van der Waals surface area (Å²) in [5.74, 6) is 1.33. The molecule has 0 saturated heterocycles. The number of nitrogens with zero attached hydrogens (tertiary/aromatic N) is 5. The lowest BCUT2D eigenvalue weighted by molar-refractivity contribution is 0.295. The largest absolute Gasteiger partial charge is 0.497 e. The Labute approximate surface area is 130 Å². The fourth-order valence-corrected chi connectivity index (χ4v) is 2.45. The van der Waals surface area contributed by atoms with Crippen molar-refractivity contribution in [2.45, 2.75) is 6.61 Å². The maximum Gasteiger partial charge on any atom is 0.212 e. The highest BCUT2D eigenvalue weighted by Crippen LogP contribution is 2.21. The van der Waals surface area contributed by atoms with E-state index in [1.807, 2.05) is 29.6 Å². The zero-order chi connectivity index (χ0) is 15.4. The minimum atomic E-state index is 0.155. The summed E-state index contributed by atoms with van der Waals surface area (Å²) in [4.78, 5) is 4.17. The van der Waals surface area contributed by atoms with Crippen molar-refractivity contribution >= 4 is 11.3 Å². The first-order valence-corrected chi connectivity index (χ1v) is 7.21. The fourth-order valence-electron chi connectivity index (χ4n) is 1.83. The quantitative estimate of drug-likeness (QED) is 0.717. The van der Waals surface area contributed by atoms with Crippen molar-refractivity contribution in [3.05, 3.63) is 47.2 Å². The Hall–Kier alpha value is -2.92. The number of aromatic nitrogens is 4. The van der Waals surface area contributed by atoms with Gasteiger partial charge >= 0.3 is 0 Å². The van der Waals surface area contributed by atoms with Gasteiger partial charge in [0.1, 0.15) is 29.9 Å². The molecule has 0 N–H and O–H groups in total. The number of rotatable bonds is 5. The number of hydrogen-bond acceptors (Lipinski definition) is 7. The predicted octanol–water partition coefficient (Wildman–Crippen LogP) is 2.18. The molecule has 0 fully saturated rings. The van der Waals surface area contributed by atoms with Crippen LogP contribution >= 0.6 is 11.3 Å². The summed E-state index contributed by atoms with van der Waals surface area (Å²) >= 11 is 1.41. The molecule has 0 atom stereocenters. The average Bonchev–Trinajstić information content (AvgIpc) is 3.21. The van der Waals surface area contributed by atoms with Crippen LogP contribution in [0.3, 0.4) is 0 Å². The van der Waals surface area contributed by atoms with Crippen LogP contribution in [-0.2, 0) is 6.61 Å². The van der Waals surface area contributed by atoms with Crippen LogP contribution in [0.15, 0.2) is 35.8 Å². The normalized spacial score (nSPS) is 10.2. The van der Waals surface area contributed by atoms with Crippen molar-refractivity contribution in [2.75, 3.05) is 7.11 Å². The Balaban J connectivity index is 1.85. The van der Waals surface area contributed by atoms with Gasteiger partial charge in [0.05, 0.1) is 7.11 Å². The highest BCUT2D eigenvalue weighted by Gasteiger charge is 2.16. The summed E-state index contributed by atoms with van der Waals surface area (Å²) in [5.41, 5.74) is 0.776. The lowest BCUT2D eigenvalue weighted by Crippen LogP contribution is -2.06. The Morgan fingerprint density at radius 2 is 2.23 bits per heavy atom. The lowest BCUT2D eigenvalue weighted by Gasteiger charge is -2.08. The summed E-state index contributed by atoms with van der Waals surface area (Å²) in [7, 11) is 1.59. The molecule has 8 heteroatoms. The van der Waals surface area contributed by atoms with E-state index in [1.165, 1.54) is 16.0 Å². The molecule has 0 unspecified atom stereocenters. The zero-order valence-electron chi connectivity index (χ0n) is 11.6. The minimum absolute atomic E-state index is 0.155. The van der Waals surface area contributed by atoms with E-state index in [4.69, 9.17) is 14.7 Å². The molecule has 22 heavy (non-hydrogen) atoms. The molecule has 0 radical (unpaired) electrons. The van der Waals surface area contributed by atoms with E-state index in [0.29, 0.717) is 22.3 Å². The van der Waals surface area contributed by atoms with Gasteiger partial charge in [-0.05, 0) is 12.1 Å². The maximum absolute atomic E-state index is 9.15. The first-order valence-electron chi connectivity index (χ1n) is 6.33. The molecule has 0 amide bonds. The van der Waals surface area contributed by atoms with E-state index in [2.05, 4.69) is 15.3 Å². The Morgan fingerprint density at radius 1 is 1.36 bits per heavy atom. The van der Waals surface area contributed by atoms with Crippen LogP contribution in [0.1, 0.15) is 11.4 Å². The van der Waals surface area contributed by atoms with Crippen molar-refractivity contribution < 1.29 is 9.47 Å². The molecule has 1 aromatic carbocycles. The molecule has 3 aromatic rings.